The van der Waals surface area contributed by atoms with E-state index in [1.165, 1.54) is 29.1 Å². The van der Waals surface area contributed by atoms with Gasteiger partial charge in [0.15, 0.2) is 13.0 Å². The molecule has 2 N–H and O–H groups in total. The smallest absolute Gasteiger partial charge is 0.410 e. The van der Waals surface area contributed by atoms with Gasteiger partial charge in [-0.15, -0.1) is 11.3 Å². The number of nitrogens with zero attached hydrogens (tertiary/aromatic N) is 1. The highest BCUT2D eigenvalue weighted by molar-refractivity contribution is 7.16. The van der Waals surface area contributed by atoms with E-state index in [1.807, 2.05) is 7.85 Å². The number of nitrogens with one attached hydrogen (secondary N) is 1. The van der Waals surface area contributed by atoms with Gasteiger partial charge in [-0.25, -0.2) is 9.78 Å². The second kappa shape index (κ2) is 5.89. The fraction of sp³-hybridized carbons (Fsp3) is 0.600. The van der Waals surface area contributed by atoms with Crippen molar-refractivity contribution in [3.8, 4) is 0 Å². The summed E-state index contributed by atoms with van der Waals surface area (Å²) in [6, 6.07) is 0. The number of aromatic nitrogens is 1. The van der Waals surface area contributed by atoms with Crippen molar-refractivity contribution in [3.63, 3.8) is 0 Å². The molecule has 0 saturated heterocycles. The predicted molar refractivity (Wildman–Crippen MR) is 69.9 cm³/mol. The molecule has 0 aromatic carbocycles. The molecule has 4 nitrogen and oxygen atoms in total. The molecule has 0 radical (unpaired) electrons. The summed E-state index contributed by atoms with van der Waals surface area (Å²) in [5.74, 6) is 0.460. The molecule has 0 spiro atoms. The van der Waals surface area contributed by atoms with Gasteiger partial charge in [0, 0.05) is 10.5 Å². The quantitative estimate of drug-likeness (QED) is 0.771. The Hall–Kier alpha value is -1.04. The van der Waals surface area contributed by atoms with Crippen LogP contribution in [0.3, 0.4) is 0 Å². The number of thiazole rings is 1. The molecule has 1 aromatic heterocycles. The highest BCUT2D eigenvalue weighted by Crippen LogP contribution is 2.27. The Kier molecular flexibility index (Phi) is 4.80. The summed E-state index contributed by atoms with van der Waals surface area (Å²) in [6.07, 6.45) is 2.45. The third kappa shape index (κ3) is 3.52. The summed E-state index contributed by atoms with van der Waals surface area (Å²) in [6.45, 7) is 4.34. The van der Waals surface area contributed by atoms with Crippen molar-refractivity contribution in [3.05, 3.63) is 4.88 Å². The van der Waals surface area contributed by atoms with Crippen LogP contribution in [0.15, 0.2) is 0 Å². The lowest BCUT2D eigenvalue weighted by atomic mass is 9.94. The number of unbranched alkanes of at least 4 members (excludes halogenated alkanes) is 1. The van der Waals surface area contributed by atoms with Crippen molar-refractivity contribution in [2.24, 2.45) is 0 Å². The zero-order valence-corrected chi connectivity index (χ0v) is 10.7. The molecule has 0 aliphatic heterocycles. The molecule has 0 bridgehead atoms. The van der Waals surface area contributed by atoms with Crippen molar-refractivity contribution in [2.45, 2.75) is 39.0 Å². The SMILES string of the molecule is Bc1nc(NC(=O)O)sc1C(C)CCCC. The number of hydrogen-bond acceptors (Lipinski definition) is 3. The van der Waals surface area contributed by atoms with Gasteiger partial charge < -0.3 is 5.11 Å². The lowest BCUT2D eigenvalue weighted by Crippen LogP contribution is -2.12. The van der Waals surface area contributed by atoms with Crippen LogP contribution in [0.5, 0.6) is 0 Å². The van der Waals surface area contributed by atoms with Crippen LogP contribution >= 0.6 is 11.3 Å². The molecule has 0 aliphatic rings. The van der Waals surface area contributed by atoms with Gasteiger partial charge in [0.25, 0.3) is 0 Å². The first-order chi connectivity index (χ1) is 7.54. The number of anilines is 1. The van der Waals surface area contributed by atoms with Crippen molar-refractivity contribution >= 4 is 36.0 Å². The summed E-state index contributed by atoms with van der Waals surface area (Å²) in [4.78, 5) is 15.9. The molecule has 1 atom stereocenters. The van der Waals surface area contributed by atoms with Crippen molar-refractivity contribution < 1.29 is 9.90 Å². The minimum absolute atomic E-state index is 0.460. The standard InChI is InChI=1S/C10H17BN2O2S/c1-3-4-5-6(2)7-8(11)12-9(16-7)13-10(14)15/h6H,3-5,11H2,1-2H3,(H,12,13)(H,14,15). The van der Waals surface area contributed by atoms with Gasteiger partial charge in [0.05, 0.1) is 0 Å². The summed E-state index contributed by atoms with van der Waals surface area (Å²) < 4.78 is 0. The molecule has 1 aromatic rings. The van der Waals surface area contributed by atoms with Gasteiger partial charge in [-0.05, 0) is 12.3 Å². The normalized spacial score (nSPS) is 12.4. The van der Waals surface area contributed by atoms with E-state index in [-0.39, 0.29) is 0 Å². The fourth-order valence-corrected chi connectivity index (χ4v) is 2.69. The summed E-state index contributed by atoms with van der Waals surface area (Å²) in [7, 11) is 1.93. The Bertz CT molecular complexity index is 368. The van der Waals surface area contributed by atoms with Crippen molar-refractivity contribution in [1.29, 1.82) is 0 Å². The Balaban J connectivity index is 2.72. The van der Waals surface area contributed by atoms with Gasteiger partial charge in [-0.3, -0.25) is 5.32 Å². The van der Waals surface area contributed by atoms with Gasteiger partial charge in [0.1, 0.15) is 0 Å². The van der Waals surface area contributed by atoms with E-state index < -0.39 is 6.09 Å². The van der Waals surface area contributed by atoms with Crippen LogP contribution in [-0.4, -0.2) is 24.0 Å². The highest BCUT2D eigenvalue weighted by Gasteiger charge is 2.14. The lowest BCUT2D eigenvalue weighted by Gasteiger charge is -2.08. The molecule has 0 saturated carbocycles. The molecular weight excluding hydrogens is 223 g/mol. The number of hydrogen-bond donors (Lipinski definition) is 2. The van der Waals surface area contributed by atoms with Gasteiger partial charge in [-0.1, -0.05) is 26.7 Å². The number of carbonyl (C=O) groups is 1. The average Bonchev–Trinajstić information content (AvgIpc) is 2.54. The molecule has 16 heavy (non-hydrogen) atoms. The van der Waals surface area contributed by atoms with Crippen LogP contribution in [0, 0.1) is 0 Å². The molecular formula is C10H17BN2O2S. The van der Waals surface area contributed by atoms with Crippen molar-refractivity contribution in [2.75, 3.05) is 5.32 Å². The topological polar surface area (TPSA) is 62.2 Å². The fourth-order valence-electron chi connectivity index (χ4n) is 1.65. The second-order valence-electron chi connectivity index (χ2n) is 3.94. The monoisotopic (exact) mass is 240 g/mol. The van der Waals surface area contributed by atoms with E-state index in [0.29, 0.717) is 11.0 Å². The minimum atomic E-state index is -1.05. The molecule has 1 rings (SSSR count). The largest absolute Gasteiger partial charge is 0.465 e. The van der Waals surface area contributed by atoms with E-state index in [9.17, 15) is 4.79 Å². The Morgan fingerprint density at radius 2 is 2.38 bits per heavy atom. The van der Waals surface area contributed by atoms with Crippen LogP contribution in [0.1, 0.15) is 43.9 Å². The maximum Gasteiger partial charge on any atom is 0.410 e. The van der Waals surface area contributed by atoms with E-state index in [0.717, 1.165) is 12.0 Å². The van der Waals surface area contributed by atoms with E-state index >= 15 is 0 Å². The lowest BCUT2D eigenvalue weighted by molar-refractivity contribution is 0.210. The van der Waals surface area contributed by atoms with Crippen LogP contribution in [0.25, 0.3) is 0 Å². The number of amides is 1. The Morgan fingerprint density at radius 1 is 1.69 bits per heavy atom. The number of rotatable bonds is 5. The predicted octanol–water partition coefficient (Wildman–Crippen LogP) is 1.79. The zero-order chi connectivity index (χ0) is 12.1. The average molecular weight is 240 g/mol. The van der Waals surface area contributed by atoms with Crippen LogP contribution < -0.4 is 10.9 Å². The molecule has 0 aliphatic carbocycles. The summed E-state index contributed by atoms with van der Waals surface area (Å²) >= 11 is 1.44. The van der Waals surface area contributed by atoms with Crippen LogP contribution in [0.4, 0.5) is 9.93 Å². The molecule has 6 heteroatoms. The maximum atomic E-state index is 10.5. The first kappa shape index (κ1) is 13.0. The molecule has 1 unspecified atom stereocenters. The zero-order valence-electron chi connectivity index (χ0n) is 9.91. The van der Waals surface area contributed by atoms with E-state index in [1.54, 1.807) is 0 Å². The third-order valence-corrected chi connectivity index (χ3v) is 3.79. The Morgan fingerprint density at radius 3 is 2.94 bits per heavy atom. The van der Waals surface area contributed by atoms with Crippen molar-refractivity contribution in [1.82, 2.24) is 4.98 Å². The maximum absolute atomic E-state index is 10.5. The third-order valence-electron chi connectivity index (χ3n) is 2.48. The highest BCUT2D eigenvalue weighted by atomic mass is 32.1. The summed E-state index contributed by atoms with van der Waals surface area (Å²) in [5, 5.41) is 11.4. The molecule has 1 heterocycles. The minimum Gasteiger partial charge on any atom is -0.465 e. The first-order valence-electron chi connectivity index (χ1n) is 5.51. The van der Waals surface area contributed by atoms with Gasteiger partial charge >= 0.3 is 6.09 Å². The molecule has 0 fully saturated rings. The second-order valence-corrected chi connectivity index (χ2v) is 4.97. The number of carboxylic acid groups (broad SMARTS) is 1. The summed E-state index contributed by atoms with van der Waals surface area (Å²) in [5.41, 5.74) is 0.942. The van der Waals surface area contributed by atoms with Gasteiger partial charge in [-0.2, -0.15) is 0 Å². The molecule has 88 valence electrons. The van der Waals surface area contributed by atoms with E-state index in [4.69, 9.17) is 5.11 Å². The van der Waals surface area contributed by atoms with Gasteiger partial charge in [0.2, 0.25) is 0 Å². The first-order valence-corrected chi connectivity index (χ1v) is 6.33. The van der Waals surface area contributed by atoms with Crippen LogP contribution in [-0.2, 0) is 0 Å². The molecule has 1 amide bonds. The Labute approximate surface area is 101 Å². The van der Waals surface area contributed by atoms with E-state index in [2.05, 4.69) is 24.1 Å². The van der Waals surface area contributed by atoms with Crippen LogP contribution in [0.2, 0.25) is 0 Å².